The van der Waals surface area contributed by atoms with Gasteiger partial charge < -0.3 is 10.0 Å². The van der Waals surface area contributed by atoms with E-state index in [1.807, 2.05) is 19.1 Å². The highest BCUT2D eigenvalue weighted by atomic mass is 16.4. The molecule has 0 amide bonds. The first kappa shape index (κ1) is 14.5. The average Bonchev–Trinajstić information content (AvgIpc) is 2.27. The molecular formula is C14H22N2O2. The maximum Gasteiger partial charge on any atom is 0.308 e. The van der Waals surface area contributed by atoms with E-state index in [1.165, 1.54) is 0 Å². The van der Waals surface area contributed by atoms with Crippen molar-refractivity contribution in [3.05, 3.63) is 23.9 Å². The van der Waals surface area contributed by atoms with Crippen LogP contribution < -0.4 is 4.90 Å². The molecule has 0 spiro atoms. The van der Waals surface area contributed by atoms with Crippen molar-refractivity contribution >= 4 is 11.8 Å². The van der Waals surface area contributed by atoms with Gasteiger partial charge in [0.2, 0.25) is 0 Å². The van der Waals surface area contributed by atoms with Crippen molar-refractivity contribution in [2.24, 2.45) is 11.8 Å². The molecule has 0 bridgehead atoms. The van der Waals surface area contributed by atoms with E-state index in [-0.39, 0.29) is 0 Å². The molecule has 1 unspecified atom stereocenters. The number of hydrogen-bond acceptors (Lipinski definition) is 3. The molecule has 18 heavy (non-hydrogen) atoms. The number of hydrogen-bond donors (Lipinski definition) is 1. The fourth-order valence-corrected chi connectivity index (χ4v) is 1.80. The summed E-state index contributed by atoms with van der Waals surface area (Å²) in [5, 5.41) is 9.02. The van der Waals surface area contributed by atoms with Gasteiger partial charge in [0.1, 0.15) is 5.82 Å². The maximum atomic E-state index is 11.0. The molecule has 4 nitrogen and oxygen atoms in total. The van der Waals surface area contributed by atoms with Gasteiger partial charge in [0.15, 0.2) is 0 Å². The molecule has 1 N–H and O–H groups in total. The Labute approximate surface area is 109 Å². The number of carboxylic acid groups (broad SMARTS) is 1. The zero-order chi connectivity index (χ0) is 13.7. The number of aryl methyl sites for hydroxylation is 1. The Morgan fingerprint density at radius 3 is 2.56 bits per heavy atom. The second-order valence-corrected chi connectivity index (χ2v) is 5.23. The standard InChI is InChI=1S/C14H22N2O2/c1-10(2)8-16(9-12(4)14(17)18)13-7-11(3)5-6-15-13/h5-7,10,12H,8-9H2,1-4H3,(H,17,18). The smallest absolute Gasteiger partial charge is 0.308 e. The summed E-state index contributed by atoms with van der Waals surface area (Å²) in [6.07, 6.45) is 1.77. The molecule has 1 rings (SSSR count). The molecule has 0 aliphatic rings. The Bertz CT molecular complexity index is 405. The van der Waals surface area contributed by atoms with Gasteiger partial charge >= 0.3 is 5.97 Å². The van der Waals surface area contributed by atoms with Crippen LogP contribution in [-0.4, -0.2) is 29.1 Å². The molecule has 0 saturated heterocycles. The van der Waals surface area contributed by atoms with Crippen LogP contribution >= 0.6 is 0 Å². The van der Waals surface area contributed by atoms with Gasteiger partial charge in [0, 0.05) is 19.3 Å². The minimum Gasteiger partial charge on any atom is -0.481 e. The summed E-state index contributed by atoms with van der Waals surface area (Å²) in [6.45, 7) is 9.28. The van der Waals surface area contributed by atoms with E-state index in [1.54, 1.807) is 13.1 Å². The molecule has 100 valence electrons. The number of aliphatic carboxylic acids is 1. The zero-order valence-electron chi connectivity index (χ0n) is 11.6. The maximum absolute atomic E-state index is 11.0. The van der Waals surface area contributed by atoms with Crippen LogP contribution in [0.1, 0.15) is 26.3 Å². The van der Waals surface area contributed by atoms with Gasteiger partial charge in [-0.1, -0.05) is 20.8 Å². The lowest BCUT2D eigenvalue weighted by Gasteiger charge is -2.27. The molecule has 4 heteroatoms. The van der Waals surface area contributed by atoms with Crippen LogP contribution in [0.25, 0.3) is 0 Å². The normalized spacial score (nSPS) is 12.5. The van der Waals surface area contributed by atoms with Crippen LogP contribution in [0.2, 0.25) is 0 Å². The number of anilines is 1. The third-order valence-electron chi connectivity index (χ3n) is 2.73. The highest BCUT2D eigenvalue weighted by Gasteiger charge is 2.18. The topological polar surface area (TPSA) is 53.4 Å². The van der Waals surface area contributed by atoms with Gasteiger partial charge in [-0.3, -0.25) is 4.79 Å². The monoisotopic (exact) mass is 250 g/mol. The third kappa shape index (κ3) is 4.35. The van der Waals surface area contributed by atoms with Crippen molar-refractivity contribution in [2.75, 3.05) is 18.0 Å². The first-order valence-corrected chi connectivity index (χ1v) is 6.30. The summed E-state index contributed by atoms with van der Waals surface area (Å²) in [6, 6.07) is 3.94. The van der Waals surface area contributed by atoms with Crippen molar-refractivity contribution in [1.29, 1.82) is 0 Å². The van der Waals surface area contributed by atoms with Crippen LogP contribution in [0.5, 0.6) is 0 Å². The summed E-state index contributed by atoms with van der Waals surface area (Å²) >= 11 is 0. The molecule has 0 fully saturated rings. The lowest BCUT2D eigenvalue weighted by atomic mass is 10.1. The zero-order valence-corrected chi connectivity index (χ0v) is 11.6. The first-order valence-electron chi connectivity index (χ1n) is 6.30. The Morgan fingerprint density at radius 2 is 2.06 bits per heavy atom. The number of rotatable bonds is 6. The highest BCUT2D eigenvalue weighted by Crippen LogP contribution is 2.16. The molecule has 0 radical (unpaired) electrons. The Hall–Kier alpha value is -1.58. The third-order valence-corrected chi connectivity index (χ3v) is 2.73. The molecule has 1 atom stereocenters. The van der Waals surface area contributed by atoms with Crippen LogP contribution in [0.3, 0.4) is 0 Å². The van der Waals surface area contributed by atoms with Crippen molar-refractivity contribution < 1.29 is 9.90 Å². The van der Waals surface area contributed by atoms with Crippen LogP contribution in [0.15, 0.2) is 18.3 Å². The van der Waals surface area contributed by atoms with E-state index in [0.717, 1.165) is 17.9 Å². The lowest BCUT2D eigenvalue weighted by Crippen LogP contribution is -2.35. The van der Waals surface area contributed by atoms with Crippen molar-refractivity contribution in [1.82, 2.24) is 4.98 Å². The summed E-state index contributed by atoms with van der Waals surface area (Å²) in [7, 11) is 0. The minimum atomic E-state index is -0.767. The van der Waals surface area contributed by atoms with E-state index < -0.39 is 11.9 Å². The Balaban J connectivity index is 2.87. The molecular weight excluding hydrogens is 228 g/mol. The predicted molar refractivity (Wildman–Crippen MR) is 72.8 cm³/mol. The van der Waals surface area contributed by atoms with Crippen LogP contribution in [0.4, 0.5) is 5.82 Å². The summed E-state index contributed by atoms with van der Waals surface area (Å²) in [5.74, 6) is 0.160. The number of pyridine rings is 1. The minimum absolute atomic E-state index is 0.397. The van der Waals surface area contributed by atoms with E-state index in [2.05, 4.69) is 23.7 Å². The van der Waals surface area contributed by atoms with Crippen molar-refractivity contribution in [3.63, 3.8) is 0 Å². The summed E-state index contributed by atoms with van der Waals surface area (Å²) in [4.78, 5) is 17.4. The van der Waals surface area contributed by atoms with Gasteiger partial charge in [0.05, 0.1) is 5.92 Å². The van der Waals surface area contributed by atoms with E-state index in [4.69, 9.17) is 5.11 Å². The summed E-state index contributed by atoms with van der Waals surface area (Å²) < 4.78 is 0. The van der Waals surface area contributed by atoms with Crippen LogP contribution in [-0.2, 0) is 4.79 Å². The van der Waals surface area contributed by atoms with Gasteiger partial charge in [-0.25, -0.2) is 4.98 Å². The van der Waals surface area contributed by atoms with E-state index in [0.29, 0.717) is 12.5 Å². The molecule has 0 aliphatic carbocycles. The first-order chi connectivity index (χ1) is 8.40. The molecule has 1 aromatic rings. The molecule has 0 aromatic carbocycles. The second kappa shape index (κ2) is 6.38. The predicted octanol–water partition coefficient (Wildman–Crippen LogP) is 2.57. The average molecular weight is 250 g/mol. The highest BCUT2D eigenvalue weighted by molar-refractivity contribution is 5.70. The van der Waals surface area contributed by atoms with Gasteiger partial charge in [0.25, 0.3) is 0 Å². The van der Waals surface area contributed by atoms with E-state index >= 15 is 0 Å². The van der Waals surface area contributed by atoms with Gasteiger partial charge in [-0.2, -0.15) is 0 Å². The van der Waals surface area contributed by atoms with Crippen molar-refractivity contribution in [3.8, 4) is 0 Å². The number of aromatic nitrogens is 1. The lowest BCUT2D eigenvalue weighted by molar-refractivity contribution is -0.140. The number of carboxylic acids is 1. The van der Waals surface area contributed by atoms with Crippen LogP contribution in [0, 0.1) is 18.8 Å². The Kier molecular flexibility index (Phi) is 5.13. The number of carbonyl (C=O) groups is 1. The fraction of sp³-hybridized carbons (Fsp3) is 0.571. The largest absolute Gasteiger partial charge is 0.481 e. The van der Waals surface area contributed by atoms with E-state index in [9.17, 15) is 4.79 Å². The Morgan fingerprint density at radius 1 is 1.39 bits per heavy atom. The molecule has 0 aliphatic heterocycles. The second-order valence-electron chi connectivity index (χ2n) is 5.23. The summed E-state index contributed by atoms with van der Waals surface area (Å²) in [5.41, 5.74) is 1.14. The van der Waals surface area contributed by atoms with Gasteiger partial charge in [-0.15, -0.1) is 0 Å². The van der Waals surface area contributed by atoms with Crippen molar-refractivity contribution in [2.45, 2.75) is 27.7 Å². The SMILES string of the molecule is Cc1ccnc(N(CC(C)C)CC(C)C(=O)O)c1. The molecule has 0 saturated carbocycles. The fourth-order valence-electron chi connectivity index (χ4n) is 1.80. The van der Waals surface area contributed by atoms with Gasteiger partial charge in [-0.05, 0) is 30.5 Å². The molecule has 1 aromatic heterocycles. The quantitative estimate of drug-likeness (QED) is 0.843. The number of nitrogens with zero attached hydrogens (tertiary/aromatic N) is 2. The molecule has 1 heterocycles.